The molecule has 28 heteroatoms. The summed E-state index contributed by atoms with van der Waals surface area (Å²) in [7, 11) is -6.03. The number of halogens is 3. The summed E-state index contributed by atoms with van der Waals surface area (Å²) >= 11 is 4.65. The number of nitrogens with one attached hydrogen (secondary N) is 4. The van der Waals surface area contributed by atoms with Gasteiger partial charge in [-0.3, -0.25) is 31.4 Å². The van der Waals surface area contributed by atoms with Crippen LogP contribution in [0.1, 0.15) is 111 Å². The average molecular weight is 922 g/mol. The molecule has 5 amide bonds. The van der Waals surface area contributed by atoms with Gasteiger partial charge in [-0.05, 0) is 111 Å². The van der Waals surface area contributed by atoms with Gasteiger partial charge >= 0.3 is 51.7 Å². The van der Waals surface area contributed by atoms with E-state index in [1.165, 1.54) is 41.5 Å². The Hall–Kier alpha value is -5.67. The summed E-state index contributed by atoms with van der Waals surface area (Å²) in [6.07, 6.45) is -3.14. The van der Waals surface area contributed by atoms with Gasteiger partial charge in [-0.2, -0.15) is 26.7 Å². The zero-order chi connectivity index (χ0) is 48.8. The lowest BCUT2D eigenvalue weighted by atomic mass is 10.2. The molecule has 0 atom stereocenters. The van der Waals surface area contributed by atoms with Crippen LogP contribution >= 0.6 is 12.2 Å². The molecule has 1 rings (SSSR count). The molecule has 0 fully saturated rings. The fraction of sp³-hybridized carbons (Fsp3) is 0.667. The van der Waals surface area contributed by atoms with E-state index < -0.39 is 90.8 Å². The van der Waals surface area contributed by atoms with Crippen molar-refractivity contribution in [3.8, 4) is 0 Å². The molecule has 0 unspecified atom stereocenters. The number of alkyl carbamates (subject to hydrolysis) is 4. The van der Waals surface area contributed by atoms with Crippen LogP contribution in [-0.4, -0.2) is 104 Å². The first-order chi connectivity index (χ1) is 26.9. The standard InChI is InChI=1S/C14H21N5O6.C12H20F3N3O6S.C7H13NO2S/c1-13(2,3)24-11(20)16-10(17-12(21)25-14(4,5)6)18-8-9(7-15-18)19(22)23;1-10(2,3)23-8(19)16-7(17-9(20)24-11(4,5)6)18-25(21,22)12(13,14)15;1-5(11)8-6(9)10-7(2,3)4/h7-8H,1-6H3,(H,16,17,20,21);1-6H3,(H2,16,17,18,19,20);1-4H3,(H,8,9,11). The van der Waals surface area contributed by atoms with Crippen LogP contribution < -0.4 is 21.3 Å². The van der Waals surface area contributed by atoms with Crippen molar-refractivity contribution >= 4 is 75.3 Å². The molecule has 23 nitrogen and oxygen atoms in total. The minimum absolute atomic E-state index is 0.345. The van der Waals surface area contributed by atoms with Crippen LogP contribution in [0.25, 0.3) is 0 Å². The van der Waals surface area contributed by atoms with E-state index in [1.54, 1.807) is 79.9 Å². The normalized spacial score (nSPS) is 12.3. The number of sulfonamides is 1. The van der Waals surface area contributed by atoms with Gasteiger partial charge in [0.25, 0.3) is 0 Å². The van der Waals surface area contributed by atoms with Gasteiger partial charge in [-0.25, -0.2) is 28.7 Å². The number of carbonyl (C=O) groups excluding carboxylic acids is 5. The molecule has 0 spiro atoms. The highest BCUT2D eigenvalue weighted by Crippen LogP contribution is 2.24. The van der Waals surface area contributed by atoms with Gasteiger partial charge in [0.15, 0.2) is 0 Å². The van der Waals surface area contributed by atoms with Crippen LogP contribution in [0.3, 0.4) is 0 Å². The van der Waals surface area contributed by atoms with Crippen molar-refractivity contribution in [3.63, 3.8) is 0 Å². The summed E-state index contributed by atoms with van der Waals surface area (Å²) in [5.41, 5.74) is -10.2. The number of nitrogens with zero attached hydrogens (tertiary/aromatic N) is 5. The first-order valence-corrected chi connectivity index (χ1v) is 19.2. The third-order valence-corrected chi connectivity index (χ3v) is 5.73. The molecule has 0 radical (unpaired) electrons. The topological polar surface area (TPSA) is 299 Å². The van der Waals surface area contributed by atoms with E-state index in [9.17, 15) is 55.7 Å². The lowest BCUT2D eigenvalue weighted by molar-refractivity contribution is -0.384. The van der Waals surface area contributed by atoms with E-state index >= 15 is 0 Å². The Balaban J connectivity index is 0. The zero-order valence-electron chi connectivity index (χ0n) is 36.6. The third-order valence-electron chi connectivity index (χ3n) is 4.62. The van der Waals surface area contributed by atoms with Crippen molar-refractivity contribution in [2.45, 2.75) is 144 Å². The van der Waals surface area contributed by atoms with Crippen molar-refractivity contribution in [2.24, 2.45) is 9.39 Å². The molecule has 1 aromatic heterocycles. The minimum Gasteiger partial charge on any atom is -0.444 e. The molecule has 0 aliphatic heterocycles. The number of guanidine groups is 1. The number of hydrogen-bond acceptors (Lipinski definition) is 16. The summed E-state index contributed by atoms with van der Waals surface area (Å²) < 4.78 is 87.2. The lowest BCUT2D eigenvalue weighted by Crippen LogP contribution is -2.48. The van der Waals surface area contributed by atoms with Crippen LogP contribution in [0.4, 0.5) is 42.8 Å². The van der Waals surface area contributed by atoms with E-state index in [1.807, 2.05) is 0 Å². The van der Waals surface area contributed by atoms with E-state index in [2.05, 4.69) is 37.3 Å². The molecule has 1 aromatic rings. The van der Waals surface area contributed by atoms with E-state index in [4.69, 9.17) is 23.7 Å². The molecule has 0 aliphatic rings. The van der Waals surface area contributed by atoms with Crippen molar-refractivity contribution in [3.05, 3.63) is 22.5 Å². The van der Waals surface area contributed by atoms with Crippen molar-refractivity contribution in [1.29, 1.82) is 0 Å². The maximum atomic E-state index is 12.4. The summed E-state index contributed by atoms with van der Waals surface area (Å²) in [5.74, 6) is -1.71. The number of rotatable bonds is 2. The lowest BCUT2D eigenvalue weighted by Gasteiger charge is -2.22. The maximum absolute atomic E-state index is 12.4. The Morgan fingerprint density at radius 1 is 0.689 bits per heavy atom. The second-order valence-electron chi connectivity index (χ2n) is 16.7. The smallest absolute Gasteiger partial charge is 0.444 e. The van der Waals surface area contributed by atoms with Crippen LogP contribution in [0.15, 0.2) is 21.8 Å². The molecule has 0 aromatic carbocycles. The van der Waals surface area contributed by atoms with Crippen molar-refractivity contribution in [1.82, 2.24) is 31.0 Å². The Kier molecular flexibility index (Phi) is 20.9. The van der Waals surface area contributed by atoms with E-state index in [0.717, 1.165) is 17.1 Å². The molecule has 4 N–H and O–H groups in total. The third kappa shape index (κ3) is 30.1. The zero-order valence-corrected chi connectivity index (χ0v) is 38.2. The first kappa shape index (κ1) is 57.4. The molecular weight excluding hydrogens is 868 g/mol. The maximum Gasteiger partial charge on any atom is 0.518 e. The summed E-state index contributed by atoms with van der Waals surface area (Å²) in [4.78, 5) is 71.9. The van der Waals surface area contributed by atoms with Crippen LogP contribution in [0.5, 0.6) is 0 Å². The molecule has 0 aliphatic carbocycles. The van der Waals surface area contributed by atoms with Crippen molar-refractivity contribution in [2.75, 3.05) is 0 Å². The van der Waals surface area contributed by atoms with Gasteiger partial charge in [0.05, 0.1) is 9.91 Å². The summed E-state index contributed by atoms with van der Waals surface area (Å²) in [6.45, 7) is 25.6. The first-order valence-electron chi connectivity index (χ1n) is 17.3. The summed E-state index contributed by atoms with van der Waals surface area (Å²) in [5, 5.41) is 22.3. The Labute approximate surface area is 356 Å². The number of thiocarbonyl (C=S) groups is 1. The predicted octanol–water partition coefficient (Wildman–Crippen LogP) is 6.56. The van der Waals surface area contributed by atoms with Gasteiger partial charge < -0.3 is 23.7 Å². The van der Waals surface area contributed by atoms with Crippen molar-refractivity contribution < 1.29 is 74.2 Å². The minimum atomic E-state index is -6.03. The number of aliphatic imine (C=N–C) groups is 1. The second kappa shape index (κ2) is 22.3. The van der Waals surface area contributed by atoms with Crippen LogP contribution in [0, 0.1) is 10.1 Å². The monoisotopic (exact) mass is 921 g/mol. The second-order valence-corrected chi connectivity index (χ2v) is 18.9. The number of amides is 5. The van der Waals surface area contributed by atoms with Crippen LogP contribution in [0.2, 0.25) is 0 Å². The fourth-order valence-electron chi connectivity index (χ4n) is 2.92. The molecule has 0 saturated carbocycles. The Morgan fingerprint density at radius 2 is 1.03 bits per heavy atom. The quantitative estimate of drug-likeness (QED) is 0.0610. The fourth-order valence-corrected chi connectivity index (χ4v) is 3.44. The largest absolute Gasteiger partial charge is 0.518 e. The van der Waals surface area contributed by atoms with Gasteiger partial charge in [-0.15, -0.1) is 9.39 Å². The number of aromatic nitrogens is 2. The predicted molar refractivity (Wildman–Crippen MR) is 216 cm³/mol. The highest BCUT2D eigenvalue weighted by Gasteiger charge is 2.46. The Bertz CT molecular complexity index is 1880. The number of hydrogen-bond donors (Lipinski definition) is 4. The molecule has 1 heterocycles. The van der Waals surface area contributed by atoms with E-state index in [0.29, 0.717) is 4.99 Å². The molecule has 0 bridgehead atoms. The number of alkyl halides is 3. The number of nitro groups is 1. The van der Waals surface area contributed by atoms with Gasteiger partial charge in [0.2, 0.25) is 11.9 Å². The highest BCUT2D eigenvalue weighted by molar-refractivity contribution is 7.91. The van der Waals surface area contributed by atoms with Crippen LogP contribution in [-0.2, 0) is 33.7 Å². The van der Waals surface area contributed by atoms with Gasteiger partial charge in [0, 0.05) is 0 Å². The SMILES string of the molecule is CC(=S)NC(=O)OC(C)(C)C.CC(C)(C)OC(=O)N=C(NC(=O)OC(C)(C)C)n1cc([N+](=O)[O-])cn1.CC(C)(C)OC(=O)NC(=NS(=O)(=O)C(F)(F)F)NC(=O)OC(C)(C)C. The molecule has 348 valence electrons. The Morgan fingerprint density at radius 3 is 1.33 bits per heavy atom. The van der Waals surface area contributed by atoms with E-state index in [-0.39, 0.29) is 5.69 Å². The van der Waals surface area contributed by atoms with Gasteiger partial charge in [-0.1, -0.05) is 12.2 Å². The highest BCUT2D eigenvalue weighted by atomic mass is 32.2. The van der Waals surface area contributed by atoms with Gasteiger partial charge in [0.1, 0.15) is 40.4 Å². The summed E-state index contributed by atoms with van der Waals surface area (Å²) in [6, 6.07) is 0. The molecule has 61 heavy (non-hydrogen) atoms. The number of ether oxygens (including phenoxy) is 5. The average Bonchev–Trinajstić information content (AvgIpc) is 3.42. The molecule has 0 saturated heterocycles. The molecular formula is C33H54F3N9O14S2. The number of carbonyl (C=O) groups is 5.